The number of hydrogen-bond donors (Lipinski definition) is 0. The van der Waals surface area contributed by atoms with Crippen LogP contribution in [0.4, 0.5) is 5.69 Å². The maximum atomic E-state index is 12.0. The van der Waals surface area contributed by atoms with Crippen LogP contribution in [0.15, 0.2) is 58.4 Å². The van der Waals surface area contributed by atoms with Gasteiger partial charge in [-0.3, -0.25) is 10.1 Å². The standard InChI is InChI=1S/C15H12BrNO4S/c16-14-5-1-13(2-6-14)11-22(20,21)10-9-12-3-7-15(8-4-12)17(18)19/h1-10H,11H2. The molecule has 5 nitrogen and oxygen atoms in total. The molecule has 0 fully saturated rings. The fourth-order valence-electron chi connectivity index (χ4n) is 1.75. The van der Waals surface area contributed by atoms with Crippen LogP contribution in [-0.4, -0.2) is 13.3 Å². The van der Waals surface area contributed by atoms with Gasteiger partial charge in [0.2, 0.25) is 0 Å². The summed E-state index contributed by atoms with van der Waals surface area (Å²) < 4.78 is 24.9. The average molecular weight is 382 g/mol. The minimum Gasteiger partial charge on any atom is -0.258 e. The topological polar surface area (TPSA) is 77.3 Å². The average Bonchev–Trinajstić information content (AvgIpc) is 2.48. The van der Waals surface area contributed by atoms with Gasteiger partial charge in [0.1, 0.15) is 0 Å². The van der Waals surface area contributed by atoms with Crippen LogP contribution in [0.2, 0.25) is 0 Å². The van der Waals surface area contributed by atoms with Crippen LogP contribution in [0.5, 0.6) is 0 Å². The molecule has 0 aliphatic carbocycles. The zero-order chi connectivity index (χ0) is 16.2. The van der Waals surface area contributed by atoms with E-state index in [4.69, 9.17) is 0 Å². The van der Waals surface area contributed by atoms with Crippen LogP contribution >= 0.6 is 15.9 Å². The Morgan fingerprint density at radius 2 is 1.64 bits per heavy atom. The number of benzene rings is 2. The van der Waals surface area contributed by atoms with Crippen molar-refractivity contribution < 1.29 is 13.3 Å². The first kappa shape index (κ1) is 16.4. The van der Waals surface area contributed by atoms with Gasteiger partial charge >= 0.3 is 0 Å². The molecule has 0 bridgehead atoms. The molecular weight excluding hydrogens is 370 g/mol. The van der Waals surface area contributed by atoms with E-state index in [9.17, 15) is 18.5 Å². The maximum absolute atomic E-state index is 12.0. The lowest BCUT2D eigenvalue weighted by molar-refractivity contribution is -0.384. The van der Waals surface area contributed by atoms with Crippen molar-refractivity contribution >= 4 is 37.5 Å². The number of rotatable bonds is 5. The third kappa shape index (κ3) is 4.78. The minimum atomic E-state index is -3.40. The van der Waals surface area contributed by atoms with Gasteiger partial charge in [-0.15, -0.1) is 0 Å². The number of hydrogen-bond acceptors (Lipinski definition) is 4. The molecule has 2 rings (SSSR count). The highest BCUT2D eigenvalue weighted by atomic mass is 79.9. The van der Waals surface area contributed by atoms with E-state index >= 15 is 0 Å². The van der Waals surface area contributed by atoms with Gasteiger partial charge in [-0.05, 0) is 41.5 Å². The number of nitro benzene ring substituents is 1. The highest BCUT2D eigenvalue weighted by Crippen LogP contribution is 2.16. The first-order chi connectivity index (χ1) is 10.4. The number of sulfone groups is 1. The van der Waals surface area contributed by atoms with Crippen molar-refractivity contribution in [2.45, 2.75) is 5.75 Å². The largest absolute Gasteiger partial charge is 0.269 e. The molecule has 0 unspecified atom stereocenters. The van der Waals surface area contributed by atoms with Gasteiger partial charge in [0, 0.05) is 22.0 Å². The molecule has 0 saturated carbocycles. The lowest BCUT2D eigenvalue weighted by atomic mass is 10.2. The molecular formula is C15H12BrNO4S. The molecule has 22 heavy (non-hydrogen) atoms. The van der Waals surface area contributed by atoms with Gasteiger partial charge in [0.15, 0.2) is 9.84 Å². The molecule has 0 radical (unpaired) electrons. The van der Waals surface area contributed by atoms with Crippen LogP contribution in [0.3, 0.4) is 0 Å². The molecule has 114 valence electrons. The van der Waals surface area contributed by atoms with E-state index in [2.05, 4.69) is 15.9 Å². The summed E-state index contributed by atoms with van der Waals surface area (Å²) in [4.78, 5) is 10.0. The minimum absolute atomic E-state index is 0.0325. The number of nitrogens with zero attached hydrogens (tertiary/aromatic N) is 1. The second kappa shape index (κ2) is 6.85. The van der Waals surface area contributed by atoms with Crippen LogP contribution in [0.25, 0.3) is 6.08 Å². The molecule has 2 aromatic rings. The summed E-state index contributed by atoms with van der Waals surface area (Å²) in [5.41, 5.74) is 1.25. The molecule has 0 amide bonds. The van der Waals surface area contributed by atoms with Crippen molar-refractivity contribution in [1.82, 2.24) is 0 Å². The van der Waals surface area contributed by atoms with E-state index in [1.165, 1.54) is 30.3 Å². The molecule has 0 aliphatic rings. The van der Waals surface area contributed by atoms with Gasteiger partial charge < -0.3 is 0 Å². The van der Waals surface area contributed by atoms with E-state index in [-0.39, 0.29) is 11.4 Å². The summed E-state index contributed by atoms with van der Waals surface area (Å²) in [6.45, 7) is 0. The third-order valence-electron chi connectivity index (χ3n) is 2.85. The Labute approximate surface area is 136 Å². The summed E-state index contributed by atoms with van der Waals surface area (Å²) in [5, 5.41) is 11.7. The molecule has 0 aromatic heterocycles. The lowest BCUT2D eigenvalue weighted by Gasteiger charge is -2.00. The Hall–Kier alpha value is -1.99. The van der Waals surface area contributed by atoms with Gasteiger partial charge in [-0.25, -0.2) is 8.42 Å². The third-order valence-corrected chi connectivity index (χ3v) is 4.67. The van der Waals surface area contributed by atoms with Crippen molar-refractivity contribution in [3.05, 3.63) is 79.7 Å². The molecule has 7 heteroatoms. The fourth-order valence-corrected chi connectivity index (χ4v) is 3.13. The van der Waals surface area contributed by atoms with Crippen molar-refractivity contribution in [3.63, 3.8) is 0 Å². The number of non-ortho nitro benzene ring substituents is 1. The van der Waals surface area contributed by atoms with E-state index in [1.54, 1.807) is 24.3 Å². The van der Waals surface area contributed by atoms with Crippen LogP contribution in [-0.2, 0) is 15.6 Å². The first-order valence-corrected chi connectivity index (χ1v) is 8.76. The monoisotopic (exact) mass is 381 g/mol. The highest BCUT2D eigenvalue weighted by Gasteiger charge is 2.08. The van der Waals surface area contributed by atoms with E-state index < -0.39 is 14.8 Å². The quantitative estimate of drug-likeness (QED) is 0.580. The van der Waals surface area contributed by atoms with E-state index in [0.29, 0.717) is 11.1 Å². The summed E-state index contributed by atoms with van der Waals surface area (Å²) in [6, 6.07) is 12.7. The fraction of sp³-hybridized carbons (Fsp3) is 0.0667. The highest BCUT2D eigenvalue weighted by molar-refractivity contribution is 9.10. The summed E-state index contributed by atoms with van der Waals surface area (Å²) in [5.74, 6) is -0.0935. The Morgan fingerprint density at radius 3 is 2.18 bits per heavy atom. The molecule has 0 spiro atoms. The van der Waals surface area contributed by atoms with Gasteiger partial charge in [0.25, 0.3) is 5.69 Å². The Bertz CT molecular complexity index is 796. The Kier molecular flexibility index (Phi) is 5.10. The maximum Gasteiger partial charge on any atom is 0.269 e. The predicted molar refractivity (Wildman–Crippen MR) is 88.9 cm³/mol. The Balaban J connectivity index is 2.10. The zero-order valence-corrected chi connectivity index (χ0v) is 13.7. The van der Waals surface area contributed by atoms with Crippen molar-refractivity contribution in [1.29, 1.82) is 0 Å². The smallest absolute Gasteiger partial charge is 0.258 e. The first-order valence-electron chi connectivity index (χ1n) is 6.25. The molecule has 2 aromatic carbocycles. The summed E-state index contributed by atoms with van der Waals surface area (Å²) in [7, 11) is -3.40. The molecule has 0 N–H and O–H groups in total. The summed E-state index contributed by atoms with van der Waals surface area (Å²) in [6.07, 6.45) is 1.43. The second-order valence-electron chi connectivity index (χ2n) is 4.59. The van der Waals surface area contributed by atoms with Crippen molar-refractivity contribution in [3.8, 4) is 0 Å². The van der Waals surface area contributed by atoms with Crippen LogP contribution in [0.1, 0.15) is 11.1 Å². The van der Waals surface area contributed by atoms with Gasteiger partial charge in [-0.2, -0.15) is 0 Å². The van der Waals surface area contributed by atoms with Gasteiger partial charge in [0.05, 0.1) is 10.7 Å². The van der Waals surface area contributed by atoms with Crippen molar-refractivity contribution in [2.75, 3.05) is 0 Å². The normalized spacial score (nSPS) is 11.7. The van der Waals surface area contributed by atoms with Gasteiger partial charge in [-0.1, -0.05) is 28.1 Å². The zero-order valence-electron chi connectivity index (χ0n) is 11.3. The van der Waals surface area contributed by atoms with Crippen LogP contribution < -0.4 is 0 Å². The van der Waals surface area contributed by atoms with E-state index in [0.717, 1.165) is 9.88 Å². The SMILES string of the molecule is O=[N+]([O-])c1ccc(C=CS(=O)(=O)Cc2ccc(Br)cc2)cc1. The molecule has 0 atom stereocenters. The second-order valence-corrected chi connectivity index (χ2v) is 7.39. The Morgan fingerprint density at radius 1 is 1.05 bits per heavy atom. The molecule has 0 aliphatic heterocycles. The molecule has 0 heterocycles. The molecule has 0 saturated heterocycles. The number of halogens is 1. The predicted octanol–water partition coefficient (Wildman–Crippen LogP) is 3.94. The lowest BCUT2D eigenvalue weighted by Crippen LogP contribution is -1.99. The van der Waals surface area contributed by atoms with Crippen LogP contribution in [0, 0.1) is 10.1 Å². The summed E-state index contributed by atoms with van der Waals surface area (Å²) >= 11 is 3.29. The van der Waals surface area contributed by atoms with Crippen molar-refractivity contribution in [2.24, 2.45) is 0 Å². The van der Waals surface area contributed by atoms with E-state index in [1.807, 2.05) is 0 Å². The number of nitro groups is 1.